The van der Waals surface area contributed by atoms with Gasteiger partial charge in [-0.05, 0) is 49.0 Å². The lowest BCUT2D eigenvalue weighted by atomic mass is 9.91. The molecule has 1 N–H and O–H groups in total. The number of benzene rings is 1. The number of thiazole rings is 1. The molecule has 2 aromatic heterocycles. The Morgan fingerprint density at radius 2 is 2.03 bits per heavy atom. The van der Waals surface area contributed by atoms with Crippen LogP contribution in [0.25, 0.3) is 15.8 Å². The molecule has 0 saturated heterocycles. The van der Waals surface area contributed by atoms with Crippen LogP contribution in [0.15, 0.2) is 36.4 Å². The molecule has 30 heavy (non-hydrogen) atoms. The molecule has 1 atom stereocenters. The van der Waals surface area contributed by atoms with Crippen LogP contribution in [0.4, 0.5) is 23.2 Å². The Kier molecular flexibility index (Phi) is 5.31. The van der Waals surface area contributed by atoms with Gasteiger partial charge in [-0.1, -0.05) is 19.1 Å². The third-order valence-electron chi connectivity index (χ3n) is 4.95. The summed E-state index contributed by atoms with van der Waals surface area (Å²) in [6.45, 7) is 2.19. The van der Waals surface area contributed by atoms with Gasteiger partial charge in [0, 0.05) is 6.07 Å². The van der Waals surface area contributed by atoms with Gasteiger partial charge in [0.25, 0.3) is 5.91 Å². The maximum Gasteiger partial charge on any atom is 0.433 e. The Morgan fingerprint density at radius 1 is 1.23 bits per heavy atom. The zero-order valence-electron chi connectivity index (χ0n) is 15.9. The van der Waals surface area contributed by atoms with E-state index in [0.29, 0.717) is 16.1 Å². The van der Waals surface area contributed by atoms with Crippen LogP contribution in [0.5, 0.6) is 0 Å². The summed E-state index contributed by atoms with van der Waals surface area (Å²) in [7, 11) is 0. The highest BCUT2D eigenvalue weighted by Gasteiger charge is 2.33. The van der Waals surface area contributed by atoms with Crippen LogP contribution in [0.2, 0.25) is 0 Å². The van der Waals surface area contributed by atoms with Gasteiger partial charge in [-0.25, -0.2) is 14.4 Å². The van der Waals surface area contributed by atoms with Gasteiger partial charge in [0.2, 0.25) is 0 Å². The van der Waals surface area contributed by atoms with Crippen LogP contribution in [-0.4, -0.2) is 15.9 Å². The smallest absolute Gasteiger partial charge is 0.318 e. The molecule has 0 bridgehead atoms. The first kappa shape index (κ1) is 20.5. The molecule has 1 amide bonds. The summed E-state index contributed by atoms with van der Waals surface area (Å²) >= 11 is 1.39. The van der Waals surface area contributed by atoms with Gasteiger partial charge in [-0.3, -0.25) is 4.79 Å². The Hall–Kier alpha value is -2.81. The van der Waals surface area contributed by atoms with Crippen molar-refractivity contribution in [2.75, 3.05) is 5.32 Å². The molecule has 9 heteroatoms. The molecule has 156 valence electrons. The fraction of sp³-hybridized carbons (Fsp3) is 0.286. The number of nitrogens with one attached hydrogen (secondary N) is 1. The number of hydrogen-bond donors (Lipinski definition) is 1. The standard InChI is InChI=1S/C21H17F4N3OS/c1-11-5-7-12(8-6-11)20-28-16-9-13(22)15(10-17(16)30-20)27-19(29)14-3-2-4-18(26-14)21(23,24)25/h2-4,7,9-11H,5-6,8H2,1H3,(H,27,29)/t11-/m1/s1. The number of fused-ring (bicyclic) bond motifs is 1. The van der Waals surface area contributed by atoms with Gasteiger partial charge in [0.1, 0.15) is 22.2 Å². The van der Waals surface area contributed by atoms with E-state index in [4.69, 9.17) is 0 Å². The van der Waals surface area contributed by atoms with Crippen molar-refractivity contribution >= 4 is 38.7 Å². The second-order valence-electron chi connectivity index (χ2n) is 7.29. The lowest BCUT2D eigenvalue weighted by Gasteiger charge is -2.16. The molecule has 4 rings (SSSR count). The summed E-state index contributed by atoms with van der Waals surface area (Å²) in [4.78, 5) is 20.2. The molecule has 0 spiro atoms. The summed E-state index contributed by atoms with van der Waals surface area (Å²) < 4.78 is 53.6. The maximum atomic E-state index is 14.5. The predicted octanol–water partition coefficient (Wildman–Crippen LogP) is 6.30. The van der Waals surface area contributed by atoms with Crippen LogP contribution in [-0.2, 0) is 6.18 Å². The summed E-state index contributed by atoms with van der Waals surface area (Å²) in [5.74, 6) is -1.01. The van der Waals surface area contributed by atoms with E-state index in [1.807, 2.05) is 0 Å². The normalized spacial score (nSPS) is 17.1. The van der Waals surface area contributed by atoms with E-state index >= 15 is 0 Å². The third-order valence-corrected chi connectivity index (χ3v) is 6.04. The van der Waals surface area contributed by atoms with Gasteiger partial charge in [-0.2, -0.15) is 13.2 Å². The maximum absolute atomic E-state index is 14.5. The summed E-state index contributed by atoms with van der Waals surface area (Å²) in [5.41, 5.74) is -0.159. The number of amides is 1. The minimum absolute atomic E-state index is 0.131. The van der Waals surface area contributed by atoms with Crippen molar-refractivity contribution in [3.05, 3.63) is 58.6 Å². The zero-order chi connectivity index (χ0) is 21.5. The molecule has 0 radical (unpaired) electrons. The Labute approximate surface area is 173 Å². The van der Waals surface area contributed by atoms with Crippen LogP contribution in [0.1, 0.15) is 47.4 Å². The second-order valence-corrected chi connectivity index (χ2v) is 8.32. The number of allylic oxidation sites excluding steroid dienone is 2. The highest BCUT2D eigenvalue weighted by Crippen LogP contribution is 2.36. The molecule has 1 aromatic carbocycles. The van der Waals surface area contributed by atoms with Gasteiger partial charge >= 0.3 is 6.18 Å². The lowest BCUT2D eigenvalue weighted by Crippen LogP contribution is -2.17. The largest absolute Gasteiger partial charge is 0.433 e. The molecule has 4 nitrogen and oxygen atoms in total. The van der Waals surface area contributed by atoms with Crippen molar-refractivity contribution < 1.29 is 22.4 Å². The highest BCUT2D eigenvalue weighted by molar-refractivity contribution is 7.19. The quantitative estimate of drug-likeness (QED) is 0.491. The number of rotatable bonds is 3. The number of anilines is 1. The Balaban J connectivity index is 1.60. The number of alkyl halides is 3. The number of aromatic nitrogens is 2. The molecule has 1 aliphatic carbocycles. The first-order chi connectivity index (χ1) is 14.2. The summed E-state index contributed by atoms with van der Waals surface area (Å²) in [6, 6.07) is 5.66. The third kappa shape index (κ3) is 4.21. The van der Waals surface area contributed by atoms with E-state index in [0.717, 1.165) is 48.0 Å². The van der Waals surface area contributed by atoms with Crippen molar-refractivity contribution in [2.45, 2.75) is 32.4 Å². The van der Waals surface area contributed by atoms with E-state index in [2.05, 4.69) is 28.3 Å². The second kappa shape index (κ2) is 7.79. The van der Waals surface area contributed by atoms with Crippen molar-refractivity contribution in [1.29, 1.82) is 0 Å². The first-order valence-electron chi connectivity index (χ1n) is 9.36. The zero-order valence-corrected chi connectivity index (χ0v) is 16.7. The number of carbonyl (C=O) groups is 1. The van der Waals surface area contributed by atoms with Crippen LogP contribution in [0, 0.1) is 11.7 Å². The number of pyridine rings is 1. The molecule has 2 heterocycles. The molecular formula is C21H17F4N3OS. The number of nitrogens with zero attached hydrogens (tertiary/aromatic N) is 2. The monoisotopic (exact) mass is 435 g/mol. The van der Waals surface area contributed by atoms with E-state index in [1.165, 1.54) is 23.5 Å². The molecule has 3 aromatic rings. The summed E-state index contributed by atoms with van der Waals surface area (Å²) in [6.07, 6.45) is 0.440. The molecular weight excluding hydrogens is 418 g/mol. The molecule has 0 aliphatic heterocycles. The summed E-state index contributed by atoms with van der Waals surface area (Å²) in [5, 5.41) is 3.13. The number of carbonyl (C=O) groups excluding carboxylic acids is 1. The molecule has 1 aliphatic rings. The first-order valence-corrected chi connectivity index (χ1v) is 10.2. The fourth-order valence-electron chi connectivity index (χ4n) is 3.25. The average molecular weight is 435 g/mol. The van der Waals surface area contributed by atoms with Crippen molar-refractivity contribution in [1.82, 2.24) is 9.97 Å². The molecule has 0 saturated carbocycles. The number of halogens is 4. The van der Waals surface area contributed by atoms with Crippen molar-refractivity contribution in [3.63, 3.8) is 0 Å². The van der Waals surface area contributed by atoms with E-state index in [-0.39, 0.29) is 5.69 Å². The minimum atomic E-state index is -4.68. The average Bonchev–Trinajstić information content (AvgIpc) is 3.11. The van der Waals surface area contributed by atoms with E-state index in [9.17, 15) is 22.4 Å². The fourth-order valence-corrected chi connectivity index (χ4v) is 4.30. The van der Waals surface area contributed by atoms with Crippen LogP contribution >= 0.6 is 11.3 Å². The van der Waals surface area contributed by atoms with Gasteiger partial charge < -0.3 is 5.32 Å². The Bertz CT molecular complexity index is 1150. The van der Waals surface area contributed by atoms with Gasteiger partial charge in [-0.15, -0.1) is 11.3 Å². The predicted molar refractivity (Wildman–Crippen MR) is 108 cm³/mol. The van der Waals surface area contributed by atoms with E-state index in [1.54, 1.807) is 0 Å². The van der Waals surface area contributed by atoms with Crippen molar-refractivity contribution in [3.8, 4) is 0 Å². The highest BCUT2D eigenvalue weighted by atomic mass is 32.1. The van der Waals surface area contributed by atoms with Gasteiger partial charge in [0.15, 0.2) is 0 Å². The number of hydrogen-bond acceptors (Lipinski definition) is 4. The molecule has 0 unspecified atom stereocenters. The van der Waals surface area contributed by atoms with Crippen molar-refractivity contribution in [2.24, 2.45) is 5.92 Å². The minimum Gasteiger partial charge on any atom is -0.318 e. The lowest BCUT2D eigenvalue weighted by molar-refractivity contribution is -0.141. The van der Waals surface area contributed by atoms with E-state index < -0.39 is 29.3 Å². The van der Waals surface area contributed by atoms with Gasteiger partial charge in [0.05, 0.1) is 15.9 Å². The molecule has 0 fully saturated rings. The van der Waals surface area contributed by atoms with Crippen LogP contribution < -0.4 is 5.32 Å². The Morgan fingerprint density at radius 3 is 2.73 bits per heavy atom. The SMILES string of the molecule is C[C@@H]1CC=C(c2nc3cc(F)c(NC(=O)c4cccc(C(F)(F)F)n4)cc3s2)CC1. The topological polar surface area (TPSA) is 54.9 Å². The van der Waals surface area contributed by atoms with Crippen LogP contribution in [0.3, 0.4) is 0 Å².